The summed E-state index contributed by atoms with van der Waals surface area (Å²) in [6.07, 6.45) is -0.418. The molecule has 7 heteroatoms. The molecule has 0 spiro atoms. The number of phenolic OH excluding ortho intramolecular Hbond substituents is 1. The van der Waals surface area contributed by atoms with E-state index in [-0.39, 0.29) is 33.7 Å². The molecule has 0 radical (unpaired) electrons. The summed E-state index contributed by atoms with van der Waals surface area (Å²) in [5.41, 5.74) is 3.00. The van der Waals surface area contributed by atoms with Crippen LogP contribution < -0.4 is 4.74 Å². The summed E-state index contributed by atoms with van der Waals surface area (Å²) in [6.45, 7) is 29.5. The van der Waals surface area contributed by atoms with Crippen LogP contribution in [-0.4, -0.2) is 26.7 Å². The van der Waals surface area contributed by atoms with Crippen molar-refractivity contribution in [2.24, 2.45) is 5.92 Å². The number of rotatable bonds is 8. The van der Waals surface area contributed by atoms with E-state index in [0.717, 1.165) is 38.0 Å². The van der Waals surface area contributed by atoms with Crippen LogP contribution in [0.4, 0.5) is 0 Å². The molecule has 1 unspecified atom stereocenters. The minimum absolute atomic E-state index is 0.164. The molecule has 0 aromatic heterocycles. The Bertz CT molecular complexity index is 1190. The van der Waals surface area contributed by atoms with E-state index in [1.165, 1.54) is 0 Å². The van der Waals surface area contributed by atoms with E-state index in [1.807, 2.05) is 13.0 Å². The lowest BCUT2D eigenvalue weighted by atomic mass is 9.79. The molecule has 5 nitrogen and oxygen atoms in total. The van der Waals surface area contributed by atoms with Crippen molar-refractivity contribution in [2.45, 2.75) is 140 Å². The molecule has 2 rings (SSSR count). The van der Waals surface area contributed by atoms with Crippen LogP contribution in [0.2, 0.25) is 0 Å². The van der Waals surface area contributed by atoms with Crippen molar-refractivity contribution in [3.05, 3.63) is 46.5 Å². The second-order valence-corrected chi connectivity index (χ2v) is 17.8. The van der Waals surface area contributed by atoms with Crippen molar-refractivity contribution in [3.63, 3.8) is 0 Å². The third kappa shape index (κ3) is 12.2. The predicted octanol–water partition coefficient (Wildman–Crippen LogP) is 10.3. The number of thioether (sulfide) groups is 2. The molecule has 0 saturated carbocycles. The van der Waals surface area contributed by atoms with E-state index in [1.54, 1.807) is 23.5 Å². The van der Waals surface area contributed by atoms with Crippen molar-refractivity contribution < 1.29 is 24.5 Å². The van der Waals surface area contributed by atoms with Crippen LogP contribution in [0.1, 0.15) is 125 Å². The first kappa shape index (κ1) is 37.9. The third-order valence-electron chi connectivity index (χ3n) is 6.12. The van der Waals surface area contributed by atoms with Crippen molar-refractivity contribution in [3.8, 4) is 11.5 Å². The summed E-state index contributed by atoms with van der Waals surface area (Å²) < 4.78 is 5.85. The van der Waals surface area contributed by atoms with Crippen LogP contribution >= 0.6 is 23.5 Å². The van der Waals surface area contributed by atoms with Crippen LogP contribution in [0.15, 0.2) is 34.1 Å². The van der Waals surface area contributed by atoms with Crippen LogP contribution in [0.3, 0.4) is 0 Å². The first-order valence-electron chi connectivity index (χ1n) is 14.7. The number of phenols is 1. The lowest BCUT2D eigenvalue weighted by molar-refractivity contribution is -0.142. The number of aliphatic carboxylic acids is 1. The zero-order chi connectivity index (χ0) is 32.8. The summed E-state index contributed by atoms with van der Waals surface area (Å²) in [5.74, 6) is 0.169. The lowest BCUT2D eigenvalue weighted by Crippen LogP contribution is -2.18. The van der Waals surface area contributed by atoms with E-state index < -0.39 is 11.9 Å². The van der Waals surface area contributed by atoms with Gasteiger partial charge in [0.25, 0.3) is 0 Å². The molecule has 0 heterocycles. The second kappa shape index (κ2) is 15.1. The first-order valence-corrected chi connectivity index (χ1v) is 16.5. The largest absolute Gasteiger partial charge is 0.507 e. The van der Waals surface area contributed by atoms with Gasteiger partial charge in [-0.25, -0.2) is 0 Å². The van der Waals surface area contributed by atoms with Gasteiger partial charge < -0.3 is 14.9 Å². The molecule has 0 fully saturated rings. The number of carboxylic acids is 1. The molecule has 2 aromatic carbocycles. The number of ether oxygens (including phenoxy) is 1. The maximum Gasteiger partial charge on any atom is 0.311 e. The molecule has 0 amide bonds. The van der Waals surface area contributed by atoms with Crippen LogP contribution in [0.5, 0.6) is 11.5 Å². The maximum absolute atomic E-state index is 12.3. The summed E-state index contributed by atoms with van der Waals surface area (Å²) in [4.78, 5) is 25.4. The Morgan fingerprint density at radius 1 is 0.738 bits per heavy atom. The molecule has 0 saturated heterocycles. The summed E-state index contributed by atoms with van der Waals surface area (Å²) >= 11 is 3.50. The zero-order valence-corrected chi connectivity index (χ0v) is 29.9. The molecule has 42 heavy (non-hydrogen) atoms. The number of benzene rings is 2. The second-order valence-electron chi connectivity index (χ2n) is 14.6. The molecule has 0 bridgehead atoms. The number of hydrogen-bond acceptors (Lipinski definition) is 6. The molecule has 1 atom stereocenters. The van der Waals surface area contributed by atoms with Gasteiger partial charge in [0.1, 0.15) is 11.5 Å². The van der Waals surface area contributed by atoms with Gasteiger partial charge in [-0.2, -0.15) is 0 Å². The van der Waals surface area contributed by atoms with Crippen molar-refractivity contribution in [2.75, 3.05) is 0 Å². The van der Waals surface area contributed by atoms with E-state index >= 15 is 0 Å². The average Bonchev–Trinajstić information content (AvgIpc) is 2.77. The molecular formula is C35H54O5S2. The maximum atomic E-state index is 12.3. The summed E-state index contributed by atoms with van der Waals surface area (Å²) in [7, 11) is 0. The highest BCUT2D eigenvalue weighted by Gasteiger charge is 2.28. The van der Waals surface area contributed by atoms with Gasteiger partial charge >= 0.3 is 11.9 Å². The van der Waals surface area contributed by atoms with E-state index in [4.69, 9.17) is 9.84 Å². The van der Waals surface area contributed by atoms with Crippen molar-refractivity contribution >= 4 is 35.5 Å². The Labute approximate surface area is 263 Å². The molecule has 236 valence electrons. The molecule has 2 aromatic rings. The predicted molar refractivity (Wildman–Crippen MR) is 180 cm³/mol. The number of carbonyl (C=O) groups is 2. The summed E-state index contributed by atoms with van der Waals surface area (Å²) in [6, 6.07) is 8.32. The van der Waals surface area contributed by atoms with Gasteiger partial charge in [0, 0.05) is 26.5 Å². The monoisotopic (exact) mass is 618 g/mol. The van der Waals surface area contributed by atoms with Gasteiger partial charge in [0.2, 0.25) is 0 Å². The standard InChI is InChI=1S/C31H44O5S2.C4H10/c1-18-14-20(17-24(31(9,10)11)28(18)36-26(34)13-12-25(32)33)37-19(2)38-21-15-22(29(3,4)5)27(35)23(16-21)30(6,7)8;1-4(2)3/h14-17,19,35H,12-13H2,1-11H3,(H,32,33);4H,1-3H3. The lowest BCUT2D eigenvalue weighted by Gasteiger charge is -2.28. The Morgan fingerprint density at radius 3 is 1.50 bits per heavy atom. The third-order valence-corrected chi connectivity index (χ3v) is 8.38. The van der Waals surface area contributed by atoms with Gasteiger partial charge in [-0.15, -0.1) is 23.5 Å². The Balaban J connectivity index is 0.00000206. The highest BCUT2D eigenvalue weighted by atomic mass is 32.2. The Hall–Kier alpha value is -2.12. The van der Waals surface area contributed by atoms with Gasteiger partial charge in [0.15, 0.2) is 0 Å². The van der Waals surface area contributed by atoms with E-state index in [2.05, 4.69) is 108 Å². The fourth-order valence-corrected chi connectivity index (χ4v) is 6.53. The molecular weight excluding hydrogens is 565 g/mol. The van der Waals surface area contributed by atoms with Crippen molar-refractivity contribution in [1.82, 2.24) is 0 Å². The number of aromatic hydroxyl groups is 1. The van der Waals surface area contributed by atoms with Gasteiger partial charge in [0.05, 0.1) is 17.4 Å². The Kier molecular flexibility index (Phi) is 13.6. The molecule has 0 aliphatic carbocycles. The fraction of sp³-hybridized carbons (Fsp3) is 0.600. The van der Waals surface area contributed by atoms with Gasteiger partial charge in [-0.05, 0) is 65.8 Å². The molecule has 0 aliphatic rings. The Morgan fingerprint density at radius 2 is 1.12 bits per heavy atom. The smallest absolute Gasteiger partial charge is 0.311 e. The number of carboxylic acid groups (broad SMARTS) is 1. The fourth-order valence-electron chi connectivity index (χ4n) is 4.10. The minimum atomic E-state index is -1.02. The van der Waals surface area contributed by atoms with Gasteiger partial charge in [-0.3, -0.25) is 9.59 Å². The number of esters is 1. The van der Waals surface area contributed by atoms with Crippen LogP contribution in [0.25, 0.3) is 0 Å². The highest BCUT2D eigenvalue weighted by Crippen LogP contribution is 2.45. The normalized spacial score (nSPS) is 12.9. The first-order chi connectivity index (χ1) is 18.9. The number of carbonyl (C=O) groups excluding carboxylic acids is 1. The molecule has 2 N–H and O–H groups in total. The quantitative estimate of drug-likeness (QED) is 0.132. The average molecular weight is 619 g/mol. The summed E-state index contributed by atoms with van der Waals surface area (Å²) in [5, 5.41) is 20.0. The SMILES string of the molecule is CC(C)C.Cc1cc(SC(C)Sc2cc(C(C)(C)C)c(O)c(C(C)(C)C)c2)cc(C(C)(C)C)c1OC(=O)CCC(=O)O. The van der Waals surface area contributed by atoms with Gasteiger partial charge in [-0.1, -0.05) is 83.1 Å². The van der Waals surface area contributed by atoms with E-state index in [0.29, 0.717) is 11.5 Å². The van der Waals surface area contributed by atoms with Crippen LogP contribution in [-0.2, 0) is 25.8 Å². The van der Waals surface area contributed by atoms with Crippen molar-refractivity contribution in [1.29, 1.82) is 0 Å². The zero-order valence-electron chi connectivity index (χ0n) is 28.3. The van der Waals surface area contributed by atoms with Crippen LogP contribution in [0, 0.1) is 12.8 Å². The minimum Gasteiger partial charge on any atom is -0.507 e. The highest BCUT2D eigenvalue weighted by molar-refractivity contribution is 8.17. The molecule has 0 aliphatic heterocycles. The topological polar surface area (TPSA) is 83.8 Å². The number of hydrogen-bond donors (Lipinski definition) is 2. The number of aryl methyl sites for hydroxylation is 1. The van der Waals surface area contributed by atoms with E-state index in [9.17, 15) is 14.7 Å².